The Morgan fingerprint density at radius 1 is 1.12 bits per heavy atom. The molecule has 0 heterocycles. The van der Waals surface area contributed by atoms with Crippen molar-refractivity contribution in [2.45, 2.75) is 12.8 Å². The fourth-order valence-corrected chi connectivity index (χ4v) is 2.42. The Bertz CT molecular complexity index is 715. The number of nitrogens with one attached hydrogen (secondary N) is 2. The molecule has 2 rings (SSSR count). The number of carboxylic acid groups (broad SMARTS) is 1. The molecule has 0 radical (unpaired) electrons. The lowest BCUT2D eigenvalue weighted by molar-refractivity contribution is -0.384. The molecule has 3 N–H and O–H groups in total. The molecule has 0 fully saturated rings. The van der Waals surface area contributed by atoms with Gasteiger partial charge in [0.25, 0.3) is 11.6 Å². The topological polar surface area (TPSA) is 139 Å². The lowest BCUT2D eigenvalue weighted by Gasteiger charge is -2.24. The Kier molecular flexibility index (Phi) is 5.25. The minimum atomic E-state index is -1.08. The average Bonchev–Trinajstić information content (AvgIpc) is 2.59. The van der Waals surface area contributed by atoms with E-state index in [4.69, 9.17) is 5.11 Å². The van der Waals surface area contributed by atoms with Crippen LogP contribution in [0.5, 0.6) is 0 Å². The summed E-state index contributed by atoms with van der Waals surface area (Å²) in [5, 5.41) is 19.8. The number of carbonyl (C=O) groups is 3. The van der Waals surface area contributed by atoms with E-state index in [1.807, 2.05) is 0 Å². The molecule has 0 bridgehead atoms. The number of hydrogen-bond acceptors (Lipinski definition) is 5. The first-order chi connectivity index (χ1) is 11.4. The highest BCUT2D eigenvalue weighted by atomic mass is 16.6. The molecule has 2 atom stereocenters. The Morgan fingerprint density at radius 2 is 1.79 bits per heavy atom. The van der Waals surface area contributed by atoms with Gasteiger partial charge in [-0.15, -0.1) is 0 Å². The van der Waals surface area contributed by atoms with E-state index in [1.165, 1.54) is 18.2 Å². The molecular weight excluding hydrogens is 318 g/mol. The van der Waals surface area contributed by atoms with Gasteiger partial charge in [0.1, 0.15) is 0 Å². The van der Waals surface area contributed by atoms with Crippen LogP contribution in [-0.2, 0) is 9.59 Å². The fraction of sp³-hybridized carbons (Fsp3) is 0.267. The highest BCUT2D eigenvalue weighted by Gasteiger charge is 2.34. The largest absolute Gasteiger partial charge is 0.481 e. The van der Waals surface area contributed by atoms with E-state index in [9.17, 15) is 24.5 Å². The second kappa shape index (κ2) is 7.36. The highest BCUT2D eigenvalue weighted by molar-refractivity contribution is 5.96. The lowest BCUT2D eigenvalue weighted by Crippen LogP contribution is -2.47. The number of hydrogen-bond donors (Lipinski definition) is 3. The summed E-state index contributed by atoms with van der Waals surface area (Å²) in [5.74, 6) is -4.08. The van der Waals surface area contributed by atoms with Crippen LogP contribution in [0.15, 0.2) is 36.4 Å². The van der Waals surface area contributed by atoms with Crippen molar-refractivity contribution in [3.05, 3.63) is 52.1 Å². The maximum Gasteiger partial charge on any atom is 0.307 e. The molecule has 1 aromatic rings. The van der Waals surface area contributed by atoms with Gasteiger partial charge in [0.05, 0.1) is 16.8 Å². The average molecular weight is 333 g/mol. The zero-order valence-electron chi connectivity index (χ0n) is 12.5. The zero-order valence-corrected chi connectivity index (χ0v) is 12.5. The molecule has 1 aromatic carbocycles. The third kappa shape index (κ3) is 3.94. The molecule has 2 unspecified atom stereocenters. The predicted molar refractivity (Wildman–Crippen MR) is 81.7 cm³/mol. The van der Waals surface area contributed by atoms with Crippen LogP contribution >= 0.6 is 0 Å². The van der Waals surface area contributed by atoms with Gasteiger partial charge in [-0.3, -0.25) is 35.3 Å². The first-order valence-electron chi connectivity index (χ1n) is 7.12. The van der Waals surface area contributed by atoms with Crippen LogP contribution in [0.3, 0.4) is 0 Å². The van der Waals surface area contributed by atoms with Gasteiger partial charge in [-0.25, -0.2) is 0 Å². The van der Waals surface area contributed by atoms with E-state index in [2.05, 4.69) is 10.9 Å². The van der Waals surface area contributed by atoms with Gasteiger partial charge in [0.15, 0.2) is 0 Å². The van der Waals surface area contributed by atoms with E-state index in [0.717, 1.165) is 6.07 Å². The smallest absolute Gasteiger partial charge is 0.307 e. The number of carbonyl (C=O) groups excluding carboxylic acids is 2. The number of carboxylic acids is 1. The van der Waals surface area contributed by atoms with Gasteiger partial charge in [0.2, 0.25) is 5.91 Å². The number of nitro groups is 1. The first kappa shape index (κ1) is 17.1. The monoisotopic (exact) mass is 333 g/mol. The van der Waals surface area contributed by atoms with Crippen molar-refractivity contribution in [2.75, 3.05) is 0 Å². The summed E-state index contributed by atoms with van der Waals surface area (Å²) in [4.78, 5) is 45.3. The number of nitro benzene ring substituents is 1. The number of amides is 2. The van der Waals surface area contributed by atoms with Crippen LogP contribution in [0, 0.1) is 22.0 Å². The number of non-ortho nitro benzene ring substituents is 1. The molecule has 2 amide bonds. The van der Waals surface area contributed by atoms with Crippen LogP contribution in [-0.4, -0.2) is 27.8 Å². The number of hydrazine groups is 1. The summed E-state index contributed by atoms with van der Waals surface area (Å²) in [7, 11) is 0. The van der Waals surface area contributed by atoms with Crippen LogP contribution in [0.2, 0.25) is 0 Å². The standard InChI is InChI=1S/C15H15N3O6/c19-13(9-4-3-5-10(8-9)18(23)24)16-17-14(20)11-6-1-2-7-12(11)15(21)22/h1-5,8,11-12H,6-7H2,(H,16,19)(H,17,20)(H,21,22). The number of benzene rings is 1. The van der Waals surface area contributed by atoms with Gasteiger partial charge in [-0.1, -0.05) is 18.2 Å². The van der Waals surface area contributed by atoms with Gasteiger partial charge in [0, 0.05) is 17.7 Å². The Balaban J connectivity index is 1.99. The van der Waals surface area contributed by atoms with Gasteiger partial charge in [-0.05, 0) is 18.9 Å². The number of nitrogens with zero attached hydrogens (tertiary/aromatic N) is 1. The van der Waals surface area contributed by atoms with Crippen molar-refractivity contribution in [1.82, 2.24) is 10.9 Å². The van der Waals surface area contributed by atoms with E-state index >= 15 is 0 Å². The van der Waals surface area contributed by atoms with E-state index in [0.29, 0.717) is 0 Å². The normalized spacial score (nSPS) is 19.3. The second-order valence-electron chi connectivity index (χ2n) is 5.24. The first-order valence-corrected chi connectivity index (χ1v) is 7.12. The van der Waals surface area contributed by atoms with Gasteiger partial charge < -0.3 is 5.11 Å². The Labute approximate surface area is 136 Å². The molecule has 9 heteroatoms. The molecule has 9 nitrogen and oxygen atoms in total. The summed E-state index contributed by atoms with van der Waals surface area (Å²) in [5.41, 5.74) is 4.07. The van der Waals surface area contributed by atoms with Crippen molar-refractivity contribution in [2.24, 2.45) is 11.8 Å². The van der Waals surface area contributed by atoms with Crippen LogP contribution in [0.4, 0.5) is 5.69 Å². The molecule has 1 aliphatic carbocycles. The summed E-state index contributed by atoms with van der Waals surface area (Å²) >= 11 is 0. The quantitative estimate of drug-likeness (QED) is 0.427. The third-order valence-electron chi connectivity index (χ3n) is 3.70. The summed E-state index contributed by atoms with van der Waals surface area (Å²) in [6.07, 6.45) is 3.91. The second-order valence-corrected chi connectivity index (χ2v) is 5.24. The van der Waals surface area contributed by atoms with E-state index in [1.54, 1.807) is 12.2 Å². The molecule has 0 saturated carbocycles. The maximum absolute atomic E-state index is 12.1. The molecule has 0 aliphatic heterocycles. The molecule has 1 aliphatic rings. The fourth-order valence-electron chi connectivity index (χ4n) is 2.42. The summed E-state index contributed by atoms with van der Waals surface area (Å²) < 4.78 is 0. The maximum atomic E-state index is 12.1. The Hall–Kier alpha value is -3.23. The van der Waals surface area contributed by atoms with Crippen LogP contribution in [0.1, 0.15) is 23.2 Å². The van der Waals surface area contributed by atoms with Crippen molar-refractivity contribution in [1.29, 1.82) is 0 Å². The van der Waals surface area contributed by atoms with Crippen molar-refractivity contribution < 1.29 is 24.4 Å². The van der Waals surface area contributed by atoms with Gasteiger partial charge >= 0.3 is 5.97 Å². The van der Waals surface area contributed by atoms with Crippen molar-refractivity contribution in [3.63, 3.8) is 0 Å². The molecule has 126 valence electrons. The minimum absolute atomic E-state index is 0.00262. The molecular formula is C15H15N3O6. The Morgan fingerprint density at radius 3 is 2.42 bits per heavy atom. The SMILES string of the molecule is O=C(NNC(=O)C1CC=CCC1C(=O)O)c1cccc([N+](=O)[O-])c1. The van der Waals surface area contributed by atoms with Crippen molar-refractivity contribution in [3.8, 4) is 0 Å². The van der Waals surface area contributed by atoms with Crippen LogP contribution in [0.25, 0.3) is 0 Å². The lowest BCUT2D eigenvalue weighted by atomic mass is 9.82. The number of allylic oxidation sites excluding steroid dienone is 2. The number of rotatable bonds is 4. The summed E-state index contributed by atoms with van der Waals surface area (Å²) in [6.45, 7) is 0. The van der Waals surface area contributed by atoms with E-state index < -0.39 is 34.5 Å². The summed E-state index contributed by atoms with van der Waals surface area (Å²) in [6, 6.07) is 5.02. The van der Waals surface area contributed by atoms with Crippen LogP contribution < -0.4 is 10.9 Å². The number of aliphatic carboxylic acids is 1. The minimum Gasteiger partial charge on any atom is -0.481 e. The molecule has 0 saturated heterocycles. The highest BCUT2D eigenvalue weighted by Crippen LogP contribution is 2.25. The molecule has 0 aromatic heterocycles. The third-order valence-corrected chi connectivity index (χ3v) is 3.70. The predicted octanol–water partition coefficient (Wildman–Crippen LogP) is 1.02. The van der Waals surface area contributed by atoms with Gasteiger partial charge in [-0.2, -0.15) is 0 Å². The molecule has 0 spiro atoms. The van der Waals surface area contributed by atoms with E-state index in [-0.39, 0.29) is 24.1 Å². The van der Waals surface area contributed by atoms with Crippen molar-refractivity contribution >= 4 is 23.5 Å². The zero-order chi connectivity index (χ0) is 17.7. The molecule has 24 heavy (non-hydrogen) atoms.